The average Bonchev–Trinajstić information content (AvgIpc) is 2.04. The number of nitrogens with zero attached hydrogens (tertiary/aromatic N) is 1. The van der Waals surface area contributed by atoms with E-state index in [0.717, 1.165) is 13.1 Å². The zero-order valence-electron chi connectivity index (χ0n) is 7.40. The summed E-state index contributed by atoms with van der Waals surface area (Å²) in [7, 11) is 0. The molecule has 0 aliphatic carbocycles. The maximum absolute atomic E-state index is 12.1. The molecule has 1 saturated heterocycles. The van der Waals surface area contributed by atoms with E-state index in [1.165, 1.54) is 0 Å². The van der Waals surface area contributed by atoms with Gasteiger partial charge in [-0.05, 0) is 6.92 Å². The lowest BCUT2D eigenvalue weighted by Gasteiger charge is -2.26. The fourth-order valence-electron chi connectivity index (χ4n) is 1.05. The van der Waals surface area contributed by atoms with Crippen LogP contribution in [-0.2, 0) is 4.74 Å². The summed E-state index contributed by atoms with van der Waals surface area (Å²) in [5, 5.41) is 0. The highest BCUT2D eigenvalue weighted by molar-refractivity contribution is 5.04. The highest BCUT2D eigenvalue weighted by atomic mass is 19.4. The monoisotopic (exact) mass is 195 g/mol. The Morgan fingerprint density at radius 1 is 1.31 bits per heavy atom. The van der Waals surface area contributed by atoms with Crippen molar-refractivity contribution in [2.45, 2.75) is 13.1 Å². The maximum Gasteiger partial charge on any atom is 0.413 e. The molecule has 13 heavy (non-hydrogen) atoms. The zero-order chi connectivity index (χ0) is 9.90. The van der Waals surface area contributed by atoms with Crippen LogP contribution in [-0.4, -0.2) is 37.4 Å². The van der Waals surface area contributed by atoms with Gasteiger partial charge >= 0.3 is 6.18 Å². The summed E-state index contributed by atoms with van der Waals surface area (Å²) in [4.78, 5) is 1.63. The van der Waals surface area contributed by atoms with Gasteiger partial charge in [0.2, 0.25) is 0 Å². The number of halogens is 3. The van der Waals surface area contributed by atoms with Crippen molar-refractivity contribution in [3.8, 4) is 0 Å². The molecular weight excluding hydrogens is 183 g/mol. The molecule has 0 aromatic heterocycles. The van der Waals surface area contributed by atoms with Crippen molar-refractivity contribution in [1.29, 1.82) is 0 Å². The van der Waals surface area contributed by atoms with Gasteiger partial charge in [0, 0.05) is 24.9 Å². The van der Waals surface area contributed by atoms with E-state index in [1.807, 2.05) is 0 Å². The summed E-state index contributed by atoms with van der Waals surface area (Å²) < 4.78 is 41.2. The Balaban J connectivity index is 2.53. The van der Waals surface area contributed by atoms with Gasteiger partial charge in [-0.1, -0.05) is 0 Å². The van der Waals surface area contributed by atoms with Crippen LogP contribution in [0, 0.1) is 0 Å². The first-order chi connectivity index (χ1) is 6.00. The molecule has 0 aromatic rings. The van der Waals surface area contributed by atoms with Crippen molar-refractivity contribution >= 4 is 0 Å². The lowest BCUT2D eigenvalue weighted by atomic mass is 10.3. The van der Waals surface area contributed by atoms with Crippen molar-refractivity contribution in [2.24, 2.45) is 0 Å². The van der Waals surface area contributed by atoms with E-state index in [9.17, 15) is 13.2 Å². The SMILES string of the molecule is CC(=CN1CCOCC1)C(F)(F)F. The van der Waals surface area contributed by atoms with Crippen molar-refractivity contribution in [3.63, 3.8) is 0 Å². The Kier molecular flexibility index (Phi) is 3.19. The smallest absolute Gasteiger partial charge is 0.378 e. The predicted octanol–water partition coefficient (Wildman–Crippen LogP) is 1.78. The largest absolute Gasteiger partial charge is 0.413 e. The third kappa shape index (κ3) is 3.26. The van der Waals surface area contributed by atoms with E-state index >= 15 is 0 Å². The minimum absolute atomic E-state index is 0.502. The van der Waals surface area contributed by atoms with Crippen LogP contribution in [0.1, 0.15) is 6.92 Å². The third-order valence-electron chi connectivity index (χ3n) is 1.87. The van der Waals surface area contributed by atoms with Gasteiger partial charge in [-0.25, -0.2) is 0 Å². The average molecular weight is 195 g/mol. The van der Waals surface area contributed by atoms with Crippen molar-refractivity contribution in [3.05, 3.63) is 11.8 Å². The van der Waals surface area contributed by atoms with Gasteiger partial charge in [0.25, 0.3) is 0 Å². The third-order valence-corrected chi connectivity index (χ3v) is 1.87. The number of morpholine rings is 1. The molecule has 0 aromatic carbocycles. The summed E-state index contributed by atoms with van der Waals surface area (Å²) in [6, 6.07) is 0. The van der Waals surface area contributed by atoms with Crippen LogP contribution in [0.15, 0.2) is 11.8 Å². The van der Waals surface area contributed by atoms with E-state index in [4.69, 9.17) is 4.74 Å². The number of allylic oxidation sites excluding steroid dienone is 1. The summed E-state index contributed by atoms with van der Waals surface area (Å²) in [5.41, 5.74) is -0.561. The first kappa shape index (κ1) is 10.4. The van der Waals surface area contributed by atoms with Crippen LogP contribution in [0.2, 0.25) is 0 Å². The van der Waals surface area contributed by atoms with Gasteiger partial charge in [-0.2, -0.15) is 13.2 Å². The summed E-state index contributed by atoms with van der Waals surface area (Å²) in [5.74, 6) is 0. The highest BCUT2D eigenvalue weighted by Crippen LogP contribution is 2.25. The molecule has 0 radical (unpaired) electrons. The van der Waals surface area contributed by atoms with Crippen LogP contribution in [0.5, 0.6) is 0 Å². The first-order valence-electron chi connectivity index (χ1n) is 4.07. The van der Waals surface area contributed by atoms with E-state index in [1.54, 1.807) is 4.90 Å². The molecule has 0 amide bonds. The van der Waals surface area contributed by atoms with E-state index in [2.05, 4.69) is 0 Å². The van der Waals surface area contributed by atoms with Crippen molar-refractivity contribution in [2.75, 3.05) is 26.3 Å². The molecule has 1 aliphatic rings. The van der Waals surface area contributed by atoms with E-state index < -0.39 is 11.7 Å². The van der Waals surface area contributed by atoms with Crippen LogP contribution in [0.4, 0.5) is 13.2 Å². The molecular formula is C8H12F3NO. The molecule has 0 bridgehead atoms. The standard InChI is InChI=1S/C8H12F3NO/c1-7(8(9,10)11)6-12-2-4-13-5-3-12/h6H,2-5H2,1H3. The Bertz CT molecular complexity index is 194. The second-order valence-electron chi connectivity index (χ2n) is 2.96. The van der Waals surface area contributed by atoms with Crippen LogP contribution in [0.25, 0.3) is 0 Å². The topological polar surface area (TPSA) is 12.5 Å². The minimum Gasteiger partial charge on any atom is -0.378 e. The lowest BCUT2D eigenvalue weighted by Crippen LogP contribution is -2.33. The van der Waals surface area contributed by atoms with Crippen molar-refractivity contribution in [1.82, 2.24) is 4.90 Å². The second-order valence-corrected chi connectivity index (χ2v) is 2.96. The Hall–Kier alpha value is -0.710. The summed E-state index contributed by atoms with van der Waals surface area (Å²) in [6.07, 6.45) is -3.05. The van der Waals surface area contributed by atoms with Gasteiger partial charge < -0.3 is 9.64 Å². The van der Waals surface area contributed by atoms with Crippen LogP contribution >= 0.6 is 0 Å². The highest BCUT2D eigenvalue weighted by Gasteiger charge is 2.30. The Labute approximate surface area is 75.0 Å². The second kappa shape index (κ2) is 4.00. The molecule has 0 atom stereocenters. The summed E-state index contributed by atoms with van der Waals surface area (Å²) in [6.45, 7) is 3.15. The lowest BCUT2D eigenvalue weighted by molar-refractivity contribution is -0.0929. The molecule has 0 unspecified atom stereocenters. The molecule has 0 N–H and O–H groups in total. The Morgan fingerprint density at radius 3 is 2.31 bits per heavy atom. The zero-order valence-corrected chi connectivity index (χ0v) is 7.40. The molecule has 0 saturated carbocycles. The quantitative estimate of drug-likeness (QED) is 0.632. The Morgan fingerprint density at radius 2 is 1.85 bits per heavy atom. The van der Waals surface area contributed by atoms with Gasteiger partial charge in [-0.15, -0.1) is 0 Å². The molecule has 76 valence electrons. The van der Waals surface area contributed by atoms with Crippen LogP contribution in [0.3, 0.4) is 0 Å². The van der Waals surface area contributed by atoms with Gasteiger partial charge in [0.1, 0.15) is 0 Å². The molecule has 1 heterocycles. The number of ether oxygens (including phenoxy) is 1. The van der Waals surface area contributed by atoms with Crippen molar-refractivity contribution < 1.29 is 17.9 Å². The molecule has 1 fully saturated rings. The molecule has 5 heteroatoms. The fourth-order valence-corrected chi connectivity index (χ4v) is 1.05. The van der Waals surface area contributed by atoms with Gasteiger partial charge in [0.05, 0.1) is 13.2 Å². The summed E-state index contributed by atoms with van der Waals surface area (Å²) >= 11 is 0. The van der Waals surface area contributed by atoms with Gasteiger partial charge in [-0.3, -0.25) is 0 Å². The molecule has 2 nitrogen and oxygen atoms in total. The van der Waals surface area contributed by atoms with Gasteiger partial charge in [0.15, 0.2) is 0 Å². The number of alkyl halides is 3. The number of rotatable bonds is 1. The number of hydrogen-bond donors (Lipinski definition) is 0. The van der Waals surface area contributed by atoms with Crippen LogP contribution < -0.4 is 0 Å². The fraction of sp³-hybridized carbons (Fsp3) is 0.750. The molecule has 1 aliphatic heterocycles. The number of hydrogen-bond acceptors (Lipinski definition) is 2. The molecule has 1 rings (SSSR count). The first-order valence-corrected chi connectivity index (χ1v) is 4.07. The van der Waals surface area contributed by atoms with E-state index in [0.29, 0.717) is 26.3 Å². The maximum atomic E-state index is 12.1. The minimum atomic E-state index is -4.21. The molecule has 0 spiro atoms. The predicted molar refractivity (Wildman–Crippen MR) is 42.2 cm³/mol. The van der Waals surface area contributed by atoms with E-state index in [-0.39, 0.29) is 0 Å². The normalized spacial score (nSPS) is 20.6.